The third-order valence-corrected chi connectivity index (χ3v) is 11.3. The number of fused-ring (bicyclic) bond motifs is 1. The molecule has 3 heterocycles. The van der Waals surface area contributed by atoms with E-state index in [0.29, 0.717) is 30.7 Å². The monoisotopic (exact) mass is 812 g/mol. The van der Waals surface area contributed by atoms with Gasteiger partial charge in [-0.25, -0.2) is 14.1 Å². The van der Waals surface area contributed by atoms with Gasteiger partial charge in [0.15, 0.2) is 5.82 Å². The molecule has 57 heavy (non-hydrogen) atoms. The number of aromatic nitrogens is 3. The third-order valence-electron chi connectivity index (χ3n) is 10.4. The van der Waals surface area contributed by atoms with Crippen LogP contribution in [0.5, 0.6) is 0 Å². The van der Waals surface area contributed by atoms with E-state index in [1.807, 2.05) is 6.07 Å². The zero-order chi connectivity index (χ0) is 40.9. The molecule has 1 fully saturated rings. The minimum atomic E-state index is -4.74. The van der Waals surface area contributed by atoms with Crippen LogP contribution in [0, 0.1) is 22.7 Å². The molecule has 2 aromatic heterocycles. The Kier molecular flexibility index (Phi) is 19.8. The predicted octanol–water partition coefficient (Wildman–Crippen LogP) is 7.02. The van der Waals surface area contributed by atoms with Crippen molar-refractivity contribution in [1.82, 2.24) is 14.6 Å². The molecule has 3 aromatic rings. The van der Waals surface area contributed by atoms with E-state index in [-0.39, 0.29) is 24.7 Å². The van der Waals surface area contributed by atoms with E-state index in [1.165, 1.54) is 106 Å². The van der Waals surface area contributed by atoms with E-state index in [4.69, 9.17) is 34.3 Å². The van der Waals surface area contributed by atoms with Crippen LogP contribution in [0.25, 0.3) is 5.52 Å². The zero-order valence-electron chi connectivity index (χ0n) is 33.3. The smallest absolute Gasteiger partial charge is 0.387 e. The highest BCUT2D eigenvalue weighted by atomic mass is 31.2. The maximum atomic E-state index is 13.0. The molecule has 6 atom stereocenters. The van der Waals surface area contributed by atoms with E-state index >= 15 is 0 Å². The predicted molar refractivity (Wildman–Crippen MR) is 213 cm³/mol. The summed E-state index contributed by atoms with van der Waals surface area (Å²) in [5, 5.41) is 45.1. The number of hydrogen-bond acceptors (Lipinski definition) is 13. The summed E-state index contributed by atoms with van der Waals surface area (Å²) < 4.78 is 42.5. The van der Waals surface area contributed by atoms with Crippen LogP contribution in [0.1, 0.15) is 126 Å². The Morgan fingerprint density at radius 2 is 1.54 bits per heavy atom. The third kappa shape index (κ3) is 14.4. The molecular weight excluding hydrogens is 751 g/mol. The highest BCUT2D eigenvalue weighted by Gasteiger charge is 2.58. The van der Waals surface area contributed by atoms with Crippen LogP contribution in [0.3, 0.4) is 0 Å². The van der Waals surface area contributed by atoms with Crippen LogP contribution in [-0.2, 0) is 40.0 Å². The van der Waals surface area contributed by atoms with Crippen LogP contribution >= 0.6 is 7.82 Å². The fourth-order valence-corrected chi connectivity index (χ4v) is 7.69. The normalized spacial score (nSPS) is 21.0. The van der Waals surface area contributed by atoms with Gasteiger partial charge in [0.2, 0.25) is 5.60 Å². The summed E-state index contributed by atoms with van der Waals surface area (Å²) in [4.78, 5) is 14.5. The van der Waals surface area contributed by atoms with Crippen molar-refractivity contribution in [2.75, 3.05) is 32.2 Å². The van der Waals surface area contributed by atoms with Gasteiger partial charge in [0.25, 0.3) is 0 Å². The van der Waals surface area contributed by atoms with Gasteiger partial charge in [0.1, 0.15) is 36.2 Å². The fraction of sp³-hybridized carbons (Fsp3) is 0.659. The molecule has 1 aromatic carbocycles. The molecule has 0 saturated carbocycles. The van der Waals surface area contributed by atoms with E-state index < -0.39 is 44.4 Å². The summed E-state index contributed by atoms with van der Waals surface area (Å²) in [5.41, 5.74) is 5.56. The lowest BCUT2D eigenvalue weighted by Crippen LogP contribution is -2.41. The van der Waals surface area contributed by atoms with Crippen LogP contribution < -0.4 is 5.73 Å². The number of aliphatic hydroxyl groups excluding tert-OH is 2. The van der Waals surface area contributed by atoms with Crippen molar-refractivity contribution in [1.29, 1.82) is 10.5 Å². The van der Waals surface area contributed by atoms with Gasteiger partial charge in [-0.1, -0.05) is 109 Å². The molecule has 314 valence electrons. The minimum absolute atomic E-state index is 0.0793. The number of ether oxygens (including phenoxy) is 3. The second-order valence-electron chi connectivity index (χ2n) is 14.8. The molecule has 1 saturated heterocycles. The number of benzene rings is 1. The molecule has 15 nitrogen and oxygen atoms in total. The molecule has 1 aliphatic heterocycles. The number of hydrogen-bond donors (Lipinski definition) is 4. The first-order valence-corrected chi connectivity index (χ1v) is 22.0. The molecule has 1 unspecified atom stereocenters. The molecule has 0 spiro atoms. The summed E-state index contributed by atoms with van der Waals surface area (Å²) in [6, 6.07) is 13.9. The van der Waals surface area contributed by atoms with Gasteiger partial charge in [0.05, 0.1) is 43.3 Å². The lowest BCUT2D eigenvalue weighted by Gasteiger charge is -2.24. The Morgan fingerprint density at radius 3 is 2.16 bits per heavy atom. The van der Waals surface area contributed by atoms with Gasteiger partial charge >= 0.3 is 7.82 Å². The van der Waals surface area contributed by atoms with E-state index in [2.05, 4.69) is 23.1 Å². The van der Waals surface area contributed by atoms with Gasteiger partial charge in [-0.15, -0.1) is 0 Å². The van der Waals surface area contributed by atoms with E-state index in [0.717, 1.165) is 18.4 Å². The maximum absolute atomic E-state index is 13.0. The molecule has 4 rings (SSSR count). The van der Waals surface area contributed by atoms with Crippen LogP contribution in [0.4, 0.5) is 5.82 Å². The molecule has 0 radical (unpaired) electrons. The molecule has 16 heteroatoms. The van der Waals surface area contributed by atoms with Crippen molar-refractivity contribution in [3.05, 3.63) is 59.5 Å². The second kappa shape index (κ2) is 24.5. The standard InChI is InChI=1S/C41H61N6O9P/c1-2-3-4-5-6-7-8-9-10-11-12-13-14-15-16-24-52-25-23-34(53-27-33-19-17-32(26-42)18-20-33)28-54-57(50,51)55-29-36-38(48)39(49)41(30-43,56-36)37-22-21-35-40(44)45-31-46-47(35)37/h17-22,31,34,36,38-39,48-49H,2-16,23-25,27-29H2,1H3,(H,50,51)(H2,44,45,46)/t34-,36-,38-,39-,41+/m1/s1. The van der Waals surface area contributed by atoms with Crippen LogP contribution in [0.2, 0.25) is 0 Å². The molecule has 0 amide bonds. The van der Waals surface area contributed by atoms with E-state index in [9.17, 15) is 24.9 Å². The number of nitrogens with zero attached hydrogens (tertiary/aromatic N) is 5. The quantitative estimate of drug-likeness (QED) is 0.0408. The number of phosphoric acid groups is 1. The lowest BCUT2D eigenvalue weighted by molar-refractivity contribution is -0.0662. The summed E-state index contributed by atoms with van der Waals surface area (Å²) >= 11 is 0. The Hall–Kier alpha value is -3.47. The first-order valence-electron chi connectivity index (χ1n) is 20.5. The van der Waals surface area contributed by atoms with E-state index in [1.54, 1.807) is 24.3 Å². The lowest BCUT2D eigenvalue weighted by atomic mass is 9.92. The second-order valence-corrected chi connectivity index (χ2v) is 16.2. The van der Waals surface area contributed by atoms with Gasteiger partial charge < -0.3 is 35.1 Å². The number of aliphatic hydroxyl groups is 2. The summed E-state index contributed by atoms with van der Waals surface area (Å²) in [5.74, 6) is 0.126. The maximum Gasteiger partial charge on any atom is 0.472 e. The van der Waals surface area contributed by atoms with Gasteiger partial charge in [0, 0.05) is 13.2 Å². The van der Waals surface area contributed by atoms with Crippen molar-refractivity contribution in [2.24, 2.45) is 0 Å². The fourth-order valence-electron chi connectivity index (χ4n) is 6.93. The molecule has 1 aliphatic rings. The van der Waals surface area contributed by atoms with Crippen molar-refractivity contribution < 1.29 is 42.9 Å². The van der Waals surface area contributed by atoms with Gasteiger partial charge in [-0.2, -0.15) is 15.6 Å². The molecule has 0 bridgehead atoms. The number of nitrogens with two attached hydrogens (primary N) is 1. The molecule has 5 N–H and O–H groups in total. The Balaban J connectivity index is 1.18. The first-order chi connectivity index (χ1) is 27.6. The van der Waals surface area contributed by atoms with Gasteiger partial charge in [-0.05, 0) is 42.7 Å². The topological polar surface area (TPSA) is 228 Å². The number of phosphoric ester groups is 1. The number of rotatable bonds is 29. The number of anilines is 1. The van der Waals surface area contributed by atoms with Gasteiger partial charge in [-0.3, -0.25) is 9.05 Å². The highest BCUT2D eigenvalue weighted by Crippen LogP contribution is 2.46. The zero-order valence-corrected chi connectivity index (χ0v) is 34.1. The Morgan fingerprint density at radius 1 is 0.912 bits per heavy atom. The number of nitriles is 2. The highest BCUT2D eigenvalue weighted by molar-refractivity contribution is 7.47. The Bertz CT molecular complexity index is 1750. The first kappa shape index (κ1) is 46.2. The largest absolute Gasteiger partial charge is 0.472 e. The number of nitrogen functional groups attached to an aromatic ring is 1. The van der Waals surface area contributed by atoms with Crippen molar-refractivity contribution in [2.45, 2.75) is 146 Å². The van der Waals surface area contributed by atoms with Crippen LogP contribution in [-0.4, -0.2) is 80.5 Å². The van der Waals surface area contributed by atoms with Crippen molar-refractivity contribution in [3.63, 3.8) is 0 Å². The summed E-state index contributed by atoms with van der Waals surface area (Å²) in [6.45, 7) is 2.36. The molecular formula is C41H61N6O9P. The summed E-state index contributed by atoms with van der Waals surface area (Å²) in [6.07, 6.45) is 15.4. The molecule has 0 aliphatic carbocycles. The SMILES string of the molecule is CCCCCCCCCCCCCCCCCOCC[C@H](COP(=O)(O)OC[C@H]1O[C@@](C#N)(c2ccc3c(N)ncnn23)[C@H](O)[C@@H]1O)OCc1ccc(C#N)cc1. The summed E-state index contributed by atoms with van der Waals surface area (Å²) in [7, 11) is -4.74. The average molecular weight is 813 g/mol. The Labute approximate surface area is 336 Å². The minimum Gasteiger partial charge on any atom is -0.387 e. The average Bonchev–Trinajstić information content (AvgIpc) is 3.77. The number of unbranched alkanes of at least 4 members (excludes halogenated alkanes) is 14. The van der Waals surface area contributed by atoms with Crippen molar-refractivity contribution in [3.8, 4) is 12.1 Å². The van der Waals surface area contributed by atoms with Crippen molar-refractivity contribution >= 4 is 19.2 Å². The van der Waals surface area contributed by atoms with Crippen LogP contribution in [0.15, 0.2) is 42.7 Å².